The third-order valence-electron chi connectivity index (χ3n) is 1.82. The Morgan fingerprint density at radius 1 is 1.50 bits per heavy atom. The Balaban J connectivity index is 3.32. The second-order valence-corrected chi connectivity index (χ2v) is 2.47. The molecule has 0 spiro atoms. The Bertz CT molecular complexity index is 339. The lowest BCUT2D eigenvalue weighted by Gasteiger charge is -2.07. The van der Waals surface area contributed by atoms with Gasteiger partial charge in [-0.2, -0.15) is 5.26 Å². The van der Waals surface area contributed by atoms with Crippen LogP contribution in [0, 0.1) is 18.3 Å². The predicted octanol–water partition coefficient (Wildman–Crippen LogP) is 1.46. The zero-order chi connectivity index (χ0) is 9.14. The van der Waals surface area contributed by atoms with Crippen molar-refractivity contribution in [3.8, 4) is 11.8 Å². The Morgan fingerprint density at radius 2 is 2.17 bits per heavy atom. The van der Waals surface area contributed by atoms with Gasteiger partial charge in [-0.25, -0.2) is 0 Å². The van der Waals surface area contributed by atoms with Crippen molar-refractivity contribution in [2.75, 3.05) is 12.8 Å². The highest BCUT2D eigenvalue weighted by molar-refractivity contribution is 5.63. The molecule has 0 aliphatic rings. The summed E-state index contributed by atoms with van der Waals surface area (Å²) in [6.07, 6.45) is 0. The molecule has 3 heteroatoms. The predicted molar refractivity (Wildman–Crippen MR) is 46.9 cm³/mol. The first-order valence-electron chi connectivity index (χ1n) is 3.54. The molecule has 1 rings (SSSR count). The van der Waals surface area contributed by atoms with Crippen molar-refractivity contribution in [3.05, 3.63) is 23.3 Å². The van der Waals surface area contributed by atoms with Crippen LogP contribution in [0.4, 0.5) is 5.69 Å². The van der Waals surface area contributed by atoms with Gasteiger partial charge in [-0.15, -0.1) is 0 Å². The molecule has 0 saturated heterocycles. The van der Waals surface area contributed by atoms with Gasteiger partial charge in [-0.05, 0) is 24.6 Å². The minimum absolute atomic E-state index is 0.538. The van der Waals surface area contributed by atoms with Crippen molar-refractivity contribution in [1.82, 2.24) is 0 Å². The summed E-state index contributed by atoms with van der Waals surface area (Å²) in [5, 5.41) is 8.66. The monoisotopic (exact) mass is 162 g/mol. The van der Waals surface area contributed by atoms with E-state index in [4.69, 9.17) is 15.7 Å². The first kappa shape index (κ1) is 8.41. The molecule has 12 heavy (non-hydrogen) atoms. The summed E-state index contributed by atoms with van der Waals surface area (Å²) in [5.41, 5.74) is 7.60. The molecular formula is C9H10N2O. The molecule has 1 aromatic carbocycles. The van der Waals surface area contributed by atoms with Gasteiger partial charge in [0.05, 0.1) is 24.4 Å². The number of benzene rings is 1. The summed E-state index contributed by atoms with van der Waals surface area (Å²) in [5.74, 6) is 0.617. The second-order valence-electron chi connectivity index (χ2n) is 2.47. The topological polar surface area (TPSA) is 59.0 Å². The number of nitriles is 1. The van der Waals surface area contributed by atoms with Gasteiger partial charge in [-0.3, -0.25) is 0 Å². The summed E-state index contributed by atoms with van der Waals surface area (Å²) in [4.78, 5) is 0. The summed E-state index contributed by atoms with van der Waals surface area (Å²) in [6, 6.07) is 5.45. The molecule has 0 bridgehead atoms. The lowest BCUT2D eigenvalue weighted by atomic mass is 10.1. The van der Waals surface area contributed by atoms with Crippen molar-refractivity contribution < 1.29 is 4.74 Å². The first-order valence-corrected chi connectivity index (χ1v) is 3.54. The smallest absolute Gasteiger partial charge is 0.142 e. The zero-order valence-electron chi connectivity index (χ0n) is 7.09. The molecule has 0 aliphatic carbocycles. The third-order valence-corrected chi connectivity index (χ3v) is 1.82. The molecule has 0 saturated carbocycles. The average Bonchev–Trinajstić information content (AvgIpc) is 2.10. The van der Waals surface area contributed by atoms with Crippen LogP contribution in [-0.2, 0) is 0 Å². The van der Waals surface area contributed by atoms with E-state index in [0.29, 0.717) is 17.0 Å². The number of nitrogen functional groups attached to an aromatic ring is 1. The SMILES string of the molecule is COc1ccc(C#N)c(C)c1N. The van der Waals surface area contributed by atoms with Crippen molar-refractivity contribution in [3.63, 3.8) is 0 Å². The normalized spacial score (nSPS) is 9.08. The number of ether oxygens (including phenoxy) is 1. The van der Waals surface area contributed by atoms with Gasteiger partial charge >= 0.3 is 0 Å². The highest BCUT2D eigenvalue weighted by Crippen LogP contribution is 2.26. The van der Waals surface area contributed by atoms with E-state index in [2.05, 4.69) is 6.07 Å². The van der Waals surface area contributed by atoms with E-state index < -0.39 is 0 Å². The number of hydrogen-bond donors (Lipinski definition) is 1. The van der Waals surface area contributed by atoms with Gasteiger partial charge in [0.15, 0.2) is 0 Å². The molecule has 0 aliphatic heterocycles. The maximum absolute atomic E-state index is 8.66. The fourth-order valence-corrected chi connectivity index (χ4v) is 1.00. The molecule has 0 unspecified atom stereocenters. The first-order chi connectivity index (χ1) is 5.70. The molecule has 1 aromatic rings. The van der Waals surface area contributed by atoms with E-state index in [1.165, 1.54) is 0 Å². The molecular weight excluding hydrogens is 152 g/mol. The van der Waals surface area contributed by atoms with Gasteiger partial charge < -0.3 is 10.5 Å². The van der Waals surface area contributed by atoms with Crippen molar-refractivity contribution in [2.45, 2.75) is 6.92 Å². The quantitative estimate of drug-likeness (QED) is 0.636. The fourth-order valence-electron chi connectivity index (χ4n) is 1.00. The average molecular weight is 162 g/mol. The number of hydrogen-bond acceptors (Lipinski definition) is 3. The molecule has 0 radical (unpaired) electrons. The maximum atomic E-state index is 8.66. The summed E-state index contributed by atoms with van der Waals surface area (Å²) in [7, 11) is 1.55. The van der Waals surface area contributed by atoms with E-state index in [1.54, 1.807) is 26.2 Å². The Hall–Kier alpha value is -1.69. The van der Waals surface area contributed by atoms with Gasteiger partial charge in [0.1, 0.15) is 5.75 Å². The van der Waals surface area contributed by atoms with Crippen LogP contribution in [0.1, 0.15) is 11.1 Å². The minimum Gasteiger partial charge on any atom is -0.495 e. The van der Waals surface area contributed by atoms with Crippen molar-refractivity contribution in [1.29, 1.82) is 5.26 Å². The number of rotatable bonds is 1. The molecule has 3 nitrogen and oxygen atoms in total. The number of nitrogens with two attached hydrogens (primary N) is 1. The Kier molecular flexibility index (Phi) is 2.20. The molecule has 0 aromatic heterocycles. The molecule has 0 fully saturated rings. The molecule has 0 amide bonds. The van der Waals surface area contributed by atoms with Gasteiger partial charge in [0, 0.05) is 0 Å². The molecule has 0 atom stereocenters. The Labute approximate surface area is 71.4 Å². The van der Waals surface area contributed by atoms with Crippen LogP contribution < -0.4 is 10.5 Å². The lowest BCUT2D eigenvalue weighted by molar-refractivity contribution is 0.416. The van der Waals surface area contributed by atoms with Crippen LogP contribution in [-0.4, -0.2) is 7.11 Å². The molecule has 62 valence electrons. The van der Waals surface area contributed by atoms with E-state index >= 15 is 0 Å². The summed E-state index contributed by atoms with van der Waals surface area (Å²) >= 11 is 0. The lowest BCUT2D eigenvalue weighted by Crippen LogP contribution is -1.97. The molecule has 0 heterocycles. The van der Waals surface area contributed by atoms with Crippen LogP contribution in [0.2, 0.25) is 0 Å². The van der Waals surface area contributed by atoms with Crippen LogP contribution >= 0.6 is 0 Å². The van der Waals surface area contributed by atoms with Gasteiger partial charge in [0.2, 0.25) is 0 Å². The van der Waals surface area contributed by atoms with E-state index in [0.717, 1.165) is 5.56 Å². The highest BCUT2D eigenvalue weighted by atomic mass is 16.5. The van der Waals surface area contributed by atoms with E-state index in [1.807, 2.05) is 0 Å². The third kappa shape index (κ3) is 1.19. The minimum atomic E-state index is 0.538. The van der Waals surface area contributed by atoms with Crippen LogP contribution in [0.3, 0.4) is 0 Å². The number of nitrogens with zero attached hydrogens (tertiary/aromatic N) is 1. The number of anilines is 1. The number of methoxy groups -OCH3 is 1. The van der Waals surface area contributed by atoms with Crippen LogP contribution in [0.25, 0.3) is 0 Å². The fraction of sp³-hybridized carbons (Fsp3) is 0.222. The standard InChI is InChI=1S/C9H10N2O/c1-6-7(5-10)3-4-8(12-2)9(6)11/h3-4H,11H2,1-2H3. The highest BCUT2D eigenvalue weighted by Gasteiger charge is 2.05. The summed E-state index contributed by atoms with van der Waals surface area (Å²) in [6.45, 7) is 1.80. The Morgan fingerprint density at radius 3 is 2.67 bits per heavy atom. The van der Waals surface area contributed by atoms with Crippen LogP contribution in [0.5, 0.6) is 5.75 Å². The van der Waals surface area contributed by atoms with Gasteiger partial charge in [-0.1, -0.05) is 0 Å². The summed E-state index contributed by atoms with van der Waals surface area (Å²) < 4.78 is 4.99. The molecule has 2 N–H and O–H groups in total. The van der Waals surface area contributed by atoms with E-state index in [9.17, 15) is 0 Å². The van der Waals surface area contributed by atoms with Gasteiger partial charge in [0.25, 0.3) is 0 Å². The van der Waals surface area contributed by atoms with Crippen molar-refractivity contribution in [2.24, 2.45) is 0 Å². The zero-order valence-corrected chi connectivity index (χ0v) is 7.09. The van der Waals surface area contributed by atoms with Crippen molar-refractivity contribution >= 4 is 5.69 Å². The second kappa shape index (κ2) is 3.14. The maximum Gasteiger partial charge on any atom is 0.142 e. The van der Waals surface area contributed by atoms with Crippen LogP contribution in [0.15, 0.2) is 12.1 Å². The van der Waals surface area contributed by atoms with E-state index in [-0.39, 0.29) is 0 Å². The largest absolute Gasteiger partial charge is 0.495 e.